The fraction of sp³-hybridized carbons (Fsp3) is 0.435. The van der Waals surface area contributed by atoms with E-state index in [1.807, 2.05) is 45.8 Å². The van der Waals surface area contributed by atoms with Crippen molar-refractivity contribution in [3.63, 3.8) is 0 Å². The number of hydrogen-bond acceptors (Lipinski definition) is 7. The predicted molar refractivity (Wildman–Crippen MR) is 125 cm³/mol. The fourth-order valence-electron chi connectivity index (χ4n) is 4.13. The Bertz CT molecular complexity index is 1220. The van der Waals surface area contributed by atoms with Crippen LogP contribution in [0, 0.1) is 12.8 Å². The number of likely N-dealkylation sites (N-methyl/N-ethyl adjacent to an activating group) is 1. The molecule has 0 fully saturated rings. The molecule has 186 valence electrons. The van der Waals surface area contributed by atoms with E-state index in [0.29, 0.717) is 35.3 Å². The molecule has 2 atom stereocenters. The van der Waals surface area contributed by atoms with Crippen molar-refractivity contribution >= 4 is 23.4 Å². The summed E-state index contributed by atoms with van der Waals surface area (Å²) in [6.07, 6.45) is 0.227. The third-order valence-electron chi connectivity index (χ3n) is 6.03. The maximum Gasteiger partial charge on any atom is 0.433 e. The first-order valence-corrected chi connectivity index (χ1v) is 11.2. The van der Waals surface area contributed by atoms with Gasteiger partial charge in [-0.1, -0.05) is 19.9 Å². The van der Waals surface area contributed by atoms with Crippen molar-refractivity contribution in [2.45, 2.75) is 52.5 Å². The molecule has 0 radical (unpaired) electrons. The monoisotopic (exact) mass is 488 g/mol. The van der Waals surface area contributed by atoms with Gasteiger partial charge in [-0.15, -0.1) is 0 Å². The van der Waals surface area contributed by atoms with Crippen LogP contribution in [0.5, 0.6) is 0 Å². The molecule has 4 rings (SSSR count). The third-order valence-corrected chi connectivity index (χ3v) is 6.03. The Labute approximate surface area is 200 Å². The zero-order valence-corrected chi connectivity index (χ0v) is 20.1. The van der Waals surface area contributed by atoms with E-state index in [4.69, 9.17) is 0 Å². The SMILES string of the molecule is Cc1nc(NCc2cnn([C@H](C)c3ccc(C(F)(F)F)nc3)c2)nc2c1NC(=O)[C@H](C(C)C)N2C. The van der Waals surface area contributed by atoms with Crippen LogP contribution in [0.1, 0.15) is 49.3 Å². The molecule has 1 aliphatic heterocycles. The number of aromatic nitrogens is 5. The van der Waals surface area contributed by atoms with E-state index in [9.17, 15) is 18.0 Å². The lowest BCUT2D eigenvalue weighted by Gasteiger charge is -2.36. The van der Waals surface area contributed by atoms with Gasteiger partial charge in [-0.05, 0) is 31.4 Å². The van der Waals surface area contributed by atoms with Crippen LogP contribution in [0.2, 0.25) is 0 Å². The summed E-state index contributed by atoms with van der Waals surface area (Å²) < 4.78 is 40.0. The number of rotatable bonds is 6. The molecule has 0 saturated heterocycles. The number of nitrogens with zero attached hydrogens (tertiary/aromatic N) is 6. The van der Waals surface area contributed by atoms with E-state index in [-0.39, 0.29) is 23.9 Å². The molecule has 3 aromatic heterocycles. The van der Waals surface area contributed by atoms with E-state index in [1.165, 1.54) is 12.3 Å². The summed E-state index contributed by atoms with van der Waals surface area (Å²) in [5.41, 5.74) is 1.78. The highest BCUT2D eigenvalue weighted by Crippen LogP contribution is 2.34. The minimum atomic E-state index is -4.47. The standard InChI is InChI=1S/C23H27F3N8O/c1-12(2)19-21(35)31-18-13(3)30-22(32-20(18)33(19)5)28-8-15-9-29-34(11-15)14(4)16-6-7-17(27-10-16)23(24,25)26/h6-7,9-12,14,19H,8H2,1-5H3,(H,31,35)(H,28,30,32)/t14-,19+/m1/s1. The van der Waals surface area contributed by atoms with Gasteiger partial charge in [0.2, 0.25) is 11.9 Å². The molecule has 0 spiro atoms. The lowest BCUT2D eigenvalue weighted by molar-refractivity contribution is -0.141. The highest BCUT2D eigenvalue weighted by atomic mass is 19.4. The Morgan fingerprint density at radius 2 is 1.91 bits per heavy atom. The Morgan fingerprint density at radius 3 is 2.54 bits per heavy atom. The average molecular weight is 489 g/mol. The summed E-state index contributed by atoms with van der Waals surface area (Å²) in [4.78, 5) is 27.0. The van der Waals surface area contributed by atoms with Crippen molar-refractivity contribution in [3.8, 4) is 0 Å². The zero-order chi connectivity index (χ0) is 25.5. The Kier molecular flexibility index (Phi) is 6.39. The quantitative estimate of drug-likeness (QED) is 0.540. The summed E-state index contributed by atoms with van der Waals surface area (Å²) in [6.45, 7) is 8.00. The molecule has 12 heteroatoms. The maximum absolute atomic E-state index is 12.8. The van der Waals surface area contributed by atoms with Crippen molar-refractivity contribution in [3.05, 3.63) is 53.2 Å². The fourth-order valence-corrected chi connectivity index (χ4v) is 4.13. The molecule has 3 aromatic rings. The van der Waals surface area contributed by atoms with Gasteiger partial charge in [0.25, 0.3) is 0 Å². The van der Waals surface area contributed by atoms with Crippen molar-refractivity contribution in [1.82, 2.24) is 24.7 Å². The van der Waals surface area contributed by atoms with E-state index in [0.717, 1.165) is 11.6 Å². The van der Waals surface area contributed by atoms with Crippen LogP contribution >= 0.6 is 0 Å². The van der Waals surface area contributed by atoms with Crippen LogP contribution in [-0.4, -0.2) is 43.7 Å². The molecule has 35 heavy (non-hydrogen) atoms. The number of amides is 1. The van der Waals surface area contributed by atoms with Crippen LogP contribution in [-0.2, 0) is 17.5 Å². The molecule has 0 bridgehead atoms. The van der Waals surface area contributed by atoms with Gasteiger partial charge < -0.3 is 15.5 Å². The number of aryl methyl sites for hydroxylation is 1. The number of fused-ring (bicyclic) bond motifs is 1. The van der Waals surface area contributed by atoms with Gasteiger partial charge >= 0.3 is 6.18 Å². The van der Waals surface area contributed by atoms with Crippen LogP contribution in [0.4, 0.5) is 30.6 Å². The first-order valence-electron chi connectivity index (χ1n) is 11.2. The van der Waals surface area contributed by atoms with Gasteiger partial charge in [0, 0.05) is 31.5 Å². The molecule has 4 heterocycles. The zero-order valence-electron chi connectivity index (χ0n) is 20.1. The van der Waals surface area contributed by atoms with Crippen molar-refractivity contribution in [1.29, 1.82) is 0 Å². The number of hydrogen-bond donors (Lipinski definition) is 2. The Balaban J connectivity index is 1.46. The van der Waals surface area contributed by atoms with Gasteiger partial charge in [0.05, 0.1) is 17.9 Å². The van der Waals surface area contributed by atoms with E-state index >= 15 is 0 Å². The summed E-state index contributed by atoms with van der Waals surface area (Å²) in [5.74, 6) is 1.09. The van der Waals surface area contributed by atoms with Gasteiger partial charge in [-0.2, -0.15) is 23.3 Å². The number of carbonyl (C=O) groups excluding carboxylic acids is 1. The summed E-state index contributed by atoms with van der Waals surface area (Å²) in [5, 5.41) is 10.5. The number of pyridine rings is 1. The van der Waals surface area contributed by atoms with Crippen molar-refractivity contribution in [2.24, 2.45) is 5.92 Å². The van der Waals surface area contributed by atoms with Crippen LogP contribution in [0.25, 0.3) is 0 Å². The summed E-state index contributed by atoms with van der Waals surface area (Å²) in [7, 11) is 1.85. The van der Waals surface area contributed by atoms with Crippen molar-refractivity contribution in [2.75, 3.05) is 22.6 Å². The normalized spacial score (nSPS) is 16.8. The Morgan fingerprint density at radius 1 is 1.17 bits per heavy atom. The van der Waals surface area contributed by atoms with Gasteiger partial charge in [-0.25, -0.2) is 4.98 Å². The first-order chi connectivity index (χ1) is 16.5. The minimum Gasteiger partial charge on any atom is -0.350 e. The van der Waals surface area contributed by atoms with Gasteiger partial charge in [-0.3, -0.25) is 14.5 Å². The molecule has 9 nitrogen and oxygen atoms in total. The lowest BCUT2D eigenvalue weighted by atomic mass is 9.99. The molecular formula is C23H27F3N8O. The second kappa shape index (κ2) is 9.16. The predicted octanol–water partition coefficient (Wildman–Crippen LogP) is 4.03. The van der Waals surface area contributed by atoms with Crippen LogP contribution in [0.3, 0.4) is 0 Å². The smallest absolute Gasteiger partial charge is 0.350 e. The van der Waals surface area contributed by atoms with E-state index in [2.05, 4.69) is 30.7 Å². The molecule has 2 N–H and O–H groups in total. The Hall–Kier alpha value is -3.70. The molecule has 0 unspecified atom stereocenters. The first kappa shape index (κ1) is 24.4. The molecule has 1 amide bonds. The molecule has 0 aliphatic carbocycles. The van der Waals surface area contributed by atoms with E-state index < -0.39 is 11.9 Å². The molecule has 1 aliphatic rings. The largest absolute Gasteiger partial charge is 0.433 e. The number of carbonyl (C=O) groups is 1. The van der Waals surface area contributed by atoms with Gasteiger partial charge in [0.1, 0.15) is 17.4 Å². The number of halogens is 3. The average Bonchev–Trinajstić information content (AvgIpc) is 3.26. The molecule has 0 saturated carbocycles. The second-order valence-electron chi connectivity index (χ2n) is 8.95. The maximum atomic E-state index is 12.8. The summed E-state index contributed by atoms with van der Waals surface area (Å²) in [6, 6.07) is 1.75. The van der Waals surface area contributed by atoms with Gasteiger partial charge in [0.15, 0.2) is 5.82 Å². The minimum absolute atomic E-state index is 0.0767. The highest BCUT2D eigenvalue weighted by molar-refractivity contribution is 6.03. The van der Waals surface area contributed by atoms with Crippen LogP contribution < -0.4 is 15.5 Å². The number of nitrogens with one attached hydrogen (secondary N) is 2. The summed E-state index contributed by atoms with van der Waals surface area (Å²) >= 11 is 0. The number of anilines is 3. The molecule has 0 aromatic carbocycles. The second-order valence-corrected chi connectivity index (χ2v) is 8.95. The number of alkyl halides is 3. The van der Waals surface area contributed by atoms with Crippen molar-refractivity contribution < 1.29 is 18.0 Å². The third kappa shape index (κ3) is 4.91. The topological polar surface area (TPSA) is 101 Å². The lowest BCUT2D eigenvalue weighted by Crippen LogP contribution is -2.49. The molecular weight excluding hydrogens is 461 g/mol. The van der Waals surface area contributed by atoms with E-state index in [1.54, 1.807) is 10.9 Å². The van der Waals surface area contributed by atoms with Crippen LogP contribution in [0.15, 0.2) is 30.7 Å². The highest BCUT2D eigenvalue weighted by Gasteiger charge is 2.35.